The van der Waals surface area contributed by atoms with Crippen LogP contribution in [-0.2, 0) is 20.0 Å². The average Bonchev–Trinajstić information content (AvgIpc) is 2.70. The smallest absolute Gasteiger partial charge is 0.0700 e. The van der Waals surface area contributed by atoms with Crippen LogP contribution in [0.4, 0.5) is 0 Å². The molecule has 2 rings (SSSR count). The average molecular weight is 229 g/mol. The summed E-state index contributed by atoms with van der Waals surface area (Å²) in [6.45, 7) is 4.85. The molecule has 0 amide bonds. The summed E-state index contributed by atoms with van der Waals surface area (Å²) < 4.78 is 1.88. The molecule has 3 nitrogen and oxygen atoms in total. The Morgan fingerprint density at radius 3 is 2.65 bits per heavy atom. The van der Waals surface area contributed by atoms with Crippen molar-refractivity contribution in [2.24, 2.45) is 12.8 Å². The Labute approximate surface area is 102 Å². The Bertz CT molecular complexity index is 526. The molecule has 3 heteroatoms. The Morgan fingerprint density at radius 1 is 1.29 bits per heavy atom. The normalized spacial score (nSPS) is 10.8. The maximum Gasteiger partial charge on any atom is 0.0700 e. The van der Waals surface area contributed by atoms with E-state index in [1.54, 1.807) is 0 Å². The molecule has 0 radical (unpaired) electrons. The van der Waals surface area contributed by atoms with Crippen LogP contribution in [0.3, 0.4) is 0 Å². The fourth-order valence-corrected chi connectivity index (χ4v) is 2.18. The van der Waals surface area contributed by atoms with Crippen molar-refractivity contribution in [3.63, 3.8) is 0 Å². The highest BCUT2D eigenvalue weighted by Crippen LogP contribution is 2.27. The van der Waals surface area contributed by atoms with Gasteiger partial charge in [0, 0.05) is 25.4 Å². The van der Waals surface area contributed by atoms with Gasteiger partial charge in [-0.1, -0.05) is 25.1 Å². The Balaban J connectivity index is 2.52. The molecule has 90 valence electrons. The third kappa shape index (κ3) is 2.24. The van der Waals surface area contributed by atoms with Crippen molar-refractivity contribution in [2.45, 2.75) is 26.8 Å². The van der Waals surface area contributed by atoms with E-state index in [2.05, 4.69) is 43.3 Å². The van der Waals surface area contributed by atoms with E-state index in [4.69, 9.17) is 5.73 Å². The lowest BCUT2D eigenvalue weighted by Gasteiger charge is -2.07. The molecule has 17 heavy (non-hydrogen) atoms. The lowest BCUT2D eigenvalue weighted by atomic mass is 9.98. The topological polar surface area (TPSA) is 43.8 Å². The van der Waals surface area contributed by atoms with Gasteiger partial charge in [-0.15, -0.1) is 0 Å². The van der Waals surface area contributed by atoms with Gasteiger partial charge in [0.1, 0.15) is 0 Å². The van der Waals surface area contributed by atoms with E-state index in [1.165, 1.54) is 22.3 Å². The van der Waals surface area contributed by atoms with Crippen LogP contribution in [0, 0.1) is 6.92 Å². The molecule has 1 heterocycles. The van der Waals surface area contributed by atoms with Crippen molar-refractivity contribution in [2.75, 3.05) is 0 Å². The number of aryl methyl sites for hydroxylation is 3. The van der Waals surface area contributed by atoms with Crippen LogP contribution in [-0.4, -0.2) is 9.78 Å². The maximum absolute atomic E-state index is 5.65. The first-order valence-corrected chi connectivity index (χ1v) is 5.98. The quantitative estimate of drug-likeness (QED) is 0.878. The first-order chi connectivity index (χ1) is 8.15. The number of nitrogens with zero attached hydrogens (tertiary/aromatic N) is 2. The van der Waals surface area contributed by atoms with Crippen molar-refractivity contribution in [3.8, 4) is 11.1 Å². The van der Waals surface area contributed by atoms with Crippen molar-refractivity contribution in [3.05, 3.63) is 41.2 Å². The second-order valence-electron chi connectivity index (χ2n) is 4.37. The number of hydrogen-bond acceptors (Lipinski definition) is 2. The molecule has 0 fully saturated rings. The summed E-state index contributed by atoms with van der Waals surface area (Å²) in [5, 5.41) is 4.48. The third-order valence-electron chi connectivity index (χ3n) is 3.06. The molecule has 2 aromatic rings. The molecule has 0 bridgehead atoms. The van der Waals surface area contributed by atoms with E-state index >= 15 is 0 Å². The minimum absolute atomic E-state index is 0.592. The summed E-state index contributed by atoms with van der Waals surface area (Å²) in [4.78, 5) is 0. The van der Waals surface area contributed by atoms with Crippen molar-refractivity contribution >= 4 is 0 Å². The predicted octanol–water partition coefficient (Wildman–Crippen LogP) is 2.42. The largest absolute Gasteiger partial charge is 0.326 e. The monoisotopic (exact) mass is 229 g/mol. The first kappa shape index (κ1) is 11.9. The zero-order valence-corrected chi connectivity index (χ0v) is 10.7. The molecule has 1 aromatic carbocycles. The summed E-state index contributed by atoms with van der Waals surface area (Å²) in [6, 6.07) is 6.39. The van der Waals surface area contributed by atoms with Gasteiger partial charge < -0.3 is 5.73 Å². The zero-order chi connectivity index (χ0) is 12.4. The molecule has 0 spiro atoms. The summed E-state index contributed by atoms with van der Waals surface area (Å²) >= 11 is 0. The molecule has 0 saturated heterocycles. The Kier molecular flexibility index (Phi) is 3.29. The Hall–Kier alpha value is -1.61. The van der Waals surface area contributed by atoms with Crippen LogP contribution in [0.25, 0.3) is 11.1 Å². The molecule has 0 aliphatic carbocycles. The number of hydrogen-bond donors (Lipinski definition) is 1. The molecule has 0 aliphatic rings. The Morgan fingerprint density at radius 2 is 2.06 bits per heavy atom. The summed E-state index contributed by atoms with van der Waals surface area (Å²) in [6.07, 6.45) is 3.04. The lowest BCUT2D eigenvalue weighted by Crippen LogP contribution is -1.97. The second-order valence-corrected chi connectivity index (χ2v) is 4.37. The highest BCUT2D eigenvalue weighted by molar-refractivity contribution is 5.69. The van der Waals surface area contributed by atoms with Gasteiger partial charge >= 0.3 is 0 Å². The van der Waals surface area contributed by atoms with E-state index in [0.717, 1.165) is 12.1 Å². The highest BCUT2D eigenvalue weighted by atomic mass is 15.2. The first-order valence-electron chi connectivity index (χ1n) is 5.98. The predicted molar refractivity (Wildman–Crippen MR) is 70.7 cm³/mol. The van der Waals surface area contributed by atoms with Crippen LogP contribution in [0.2, 0.25) is 0 Å². The molecule has 2 N–H and O–H groups in total. The zero-order valence-electron chi connectivity index (χ0n) is 10.7. The van der Waals surface area contributed by atoms with Crippen LogP contribution in [0.1, 0.15) is 23.7 Å². The maximum atomic E-state index is 5.65. The SMILES string of the molecule is CCc1nn(C)cc1-c1ccc(CN)cc1C. The van der Waals surface area contributed by atoms with Gasteiger partial charge in [-0.25, -0.2) is 0 Å². The minimum Gasteiger partial charge on any atom is -0.326 e. The van der Waals surface area contributed by atoms with Gasteiger partial charge in [0.05, 0.1) is 5.69 Å². The fourth-order valence-electron chi connectivity index (χ4n) is 2.18. The van der Waals surface area contributed by atoms with Crippen LogP contribution in [0.15, 0.2) is 24.4 Å². The fraction of sp³-hybridized carbons (Fsp3) is 0.357. The second kappa shape index (κ2) is 4.72. The van der Waals surface area contributed by atoms with E-state index in [0.29, 0.717) is 6.54 Å². The molecule has 1 aromatic heterocycles. The van der Waals surface area contributed by atoms with Crippen molar-refractivity contribution < 1.29 is 0 Å². The molecule has 0 saturated carbocycles. The van der Waals surface area contributed by atoms with Gasteiger partial charge in [0.25, 0.3) is 0 Å². The van der Waals surface area contributed by atoms with E-state index in [1.807, 2.05) is 11.7 Å². The summed E-state index contributed by atoms with van der Waals surface area (Å²) in [5.41, 5.74) is 11.7. The van der Waals surface area contributed by atoms with Gasteiger partial charge in [0.2, 0.25) is 0 Å². The van der Waals surface area contributed by atoms with Crippen LogP contribution < -0.4 is 5.73 Å². The van der Waals surface area contributed by atoms with Gasteiger partial charge in [-0.3, -0.25) is 4.68 Å². The van der Waals surface area contributed by atoms with Gasteiger partial charge in [0.15, 0.2) is 0 Å². The van der Waals surface area contributed by atoms with E-state index in [9.17, 15) is 0 Å². The summed E-state index contributed by atoms with van der Waals surface area (Å²) in [7, 11) is 1.96. The van der Waals surface area contributed by atoms with Gasteiger partial charge in [-0.2, -0.15) is 5.10 Å². The molecule has 0 atom stereocenters. The minimum atomic E-state index is 0.592. The summed E-state index contributed by atoms with van der Waals surface area (Å²) in [5.74, 6) is 0. The number of nitrogens with two attached hydrogens (primary N) is 1. The van der Waals surface area contributed by atoms with E-state index < -0.39 is 0 Å². The van der Waals surface area contributed by atoms with Crippen LogP contribution >= 0.6 is 0 Å². The standard InChI is InChI=1S/C14H19N3/c1-4-14-13(9-17(3)16-14)12-6-5-11(8-15)7-10(12)2/h5-7,9H,4,8,15H2,1-3H3. The van der Waals surface area contributed by atoms with Crippen molar-refractivity contribution in [1.29, 1.82) is 0 Å². The number of aromatic nitrogens is 2. The third-order valence-corrected chi connectivity index (χ3v) is 3.06. The molecule has 0 aliphatic heterocycles. The van der Waals surface area contributed by atoms with E-state index in [-0.39, 0.29) is 0 Å². The highest BCUT2D eigenvalue weighted by Gasteiger charge is 2.10. The van der Waals surface area contributed by atoms with Crippen molar-refractivity contribution in [1.82, 2.24) is 9.78 Å². The van der Waals surface area contributed by atoms with Gasteiger partial charge in [-0.05, 0) is 30.0 Å². The molecular weight excluding hydrogens is 210 g/mol. The lowest BCUT2D eigenvalue weighted by molar-refractivity contribution is 0.746. The number of rotatable bonds is 3. The molecular formula is C14H19N3. The number of benzene rings is 1. The van der Waals surface area contributed by atoms with Crippen LogP contribution in [0.5, 0.6) is 0 Å². The molecule has 0 unspecified atom stereocenters.